The number of amides is 1. The zero-order valence-corrected chi connectivity index (χ0v) is 12.6. The number of carbonyl (C=O) groups excluding carboxylic acids is 1. The largest absolute Gasteiger partial charge is 0.322 e. The smallest absolute Gasteiger partial charge is 0.255 e. The number of nitrogens with zero attached hydrogens (tertiary/aromatic N) is 1. The van der Waals surface area contributed by atoms with E-state index < -0.39 is 0 Å². The fourth-order valence-electron chi connectivity index (χ4n) is 2.22. The van der Waals surface area contributed by atoms with E-state index in [0.29, 0.717) is 11.1 Å². The van der Waals surface area contributed by atoms with Crippen LogP contribution in [0.3, 0.4) is 0 Å². The van der Waals surface area contributed by atoms with Crippen molar-refractivity contribution in [1.29, 1.82) is 0 Å². The molecule has 0 spiro atoms. The first kappa shape index (κ1) is 14.9. The standard InChI is InChI=1S/C19H15FN2O/c1-13-4-10-16(11-5-13)22-19(23)15-8-6-14(7-9-15)18-17(20)3-2-12-21-18/h2-12H,1H3,(H,22,23). The molecule has 0 aliphatic heterocycles. The van der Waals surface area contributed by atoms with E-state index in [1.54, 1.807) is 30.3 Å². The van der Waals surface area contributed by atoms with Crippen molar-refractivity contribution in [3.63, 3.8) is 0 Å². The lowest BCUT2D eigenvalue weighted by Crippen LogP contribution is -2.11. The van der Waals surface area contributed by atoms with Gasteiger partial charge in [0.05, 0.1) is 0 Å². The van der Waals surface area contributed by atoms with Gasteiger partial charge in [0.1, 0.15) is 11.5 Å². The molecule has 23 heavy (non-hydrogen) atoms. The number of nitrogens with one attached hydrogen (secondary N) is 1. The highest BCUT2D eigenvalue weighted by atomic mass is 19.1. The molecule has 0 bridgehead atoms. The number of hydrogen-bond acceptors (Lipinski definition) is 2. The van der Waals surface area contributed by atoms with Crippen LogP contribution in [0.4, 0.5) is 10.1 Å². The second-order valence-corrected chi connectivity index (χ2v) is 5.23. The number of hydrogen-bond donors (Lipinski definition) is 1. The van der Waals surface area contributed by atoms with E-state index >= 15 is 0 Å². The first-order chi connectivity index (χ1) is 11.1. The summed E-state index contributed by atoms with van der Waals surface area (Å²) in [5, 5.41) is 2.83. The predicted octanol–water partition coefficient (Wildman–Crippen LogP) is 4.45. The first-order valence-corrected chi connectivity index (χ1v) is 7.22. The van der Waals surface area contributed by atoms with E-state index in [9.17, 15) is 9.18 Å². The van der Waals surface area contributed by atoms with Crippen LogP contribution in [0.15, 0.2) is 66.9 Å². The highest BCUT2D eigenvalue weighted by Crippen LogP contribution is 2.20. The van der Waals surface area contributed by atoms with E-state index in [1.165, 1.54) is 12.3 Å². The molecule has 4 heteroatoms. The Morgan fingerprint density at radius 2 is 1.70 bits per heavy atom. The summed E-state index contributed by atoms with van der Waals surface area (Å²) in [7, 11) is 0. The summed E-state index contributed by atoms with van der Waals surface area (Å²) in [5.41, 5.74) is 3.28. The first-order valence-electron chi connectivity index (χ1n) is 7.22. The maximum absolute atomic E-state index is 13.7. The molecule has 0 saturated carbocycles. The summed E-state index contributed by atoms with van der Waals surface area (Å²) < 4.78 is 13.7. The second kappa shape index (κ2) is 6.40. The van der Waals surface area contributed by atoms with Crippen LogP contribution >= 0.6 is 0 Å². The Kier molecular flexibility index (Phi) is 4.15. The van der Waals surface area contributed by atoms with Crippen LogP contribution in [0.5, 0.6) is 0 Å². The molecule has 1 heterocycles. The molecule has 0 radical (unpaired) electrons. The Morgan fingerprint density at radius 1 is 1.00 bits per heavy atom. The molecular weight excluding hydrogens is 291 g/mol. The van der Waals surface area contributed by atoms with Gasteiger partial charge >= 0.3 is 0 Å². The molecule has 0 unspecified atom stereocenters. The maximum atomic E-state index is 13.7. The molecule has 1 N–H and O–H groups in total. The third-order valence-corrected chi connectivity index (χ3v) is 3.49. The molecule has 0 saturated heterocycles. The Bertz CT molecular complexity index is 827. The number of halogens is 1. The van der Waals surface area contributed by atoms with E-state index in [2.05, 4.69) is 10.3 Å². The van der Waals surface area contributed by atoms with Gasteiger partial charge in [0.25, 0.3) is 5.91 Å². The van der Waals surface area contributed by atoms with Crippen LogP contribution in [0, 0.1) is 12.7 Å². The van der Waals surface area contributed by atoms with Crippen molar-refractivity contribution in [2.24, 2.45) is 0 Å². The van der Waals surface area contributed by atoms with Gasteiger partial charge in [0.2, 0.25) is 0 Å². The number of carbonyl (C=O) groups is 1. The Balaban J connectivity index is 1.78. The van der Waals surface area contributed by atoms with Gasteiger partial charge in [-0.25, -0.2) is 4.39 Å². The Hall–Kier alpha value is -3.01. The summed E-state index contributed by atoms with van der Waals surface area (Å²) in [5.74, 6) is -0.591. The predicted molar refractivity (Wildman–Crippen MR) is 88.8 cm³/mol. The fraction of sp³-hybridized carbons (Fsp3) is 0.0526. The monoisotopic (exact) mass is 306 g/mol. The topological polar surface area (TPSA) is 42.0 Å². The summed E-state index contributed by atoms with van der Waals surface area (Å²) in [6.07, 6.45) is 1.54. The van der Waals surface area contributed by atoms with E-state index in [-0.39, 0.29) is 17.4 Å². The molecule has 3 rings (SSSR count). The molecule has 0 aliphatic rings. The van der Waals surface area contributed by atoms with Crippen LogP contribution < -0.4 is 5.32 Å². The Labute approximate surface area is 133 Å². The molecule has 1 aromatic heterocycles. The third kappa shape index (κ3) is 3.43. The molecule has 0 fully saturated rings. The maximum Gasteiger partial charge on any atom is 0.255 e. The van der Waals surface area contributed by atoms with Gasteiger partial charge in [-0.1, -0.05) is 29.8 Å². The minimum Gasteiger partial charge on any atom is -0.322 e. The van der Waals surface area contributed by atoms with Gasteiger partial charge in [-0.15, -0.1) is 0 Å². The van der Waals surface area contributed by atoms with Gasteiger partial charge in [-0.2, -0.15) is 0 Å². The van der Waals surface area contributed by atoms with Crippen molar-refractivity contribution in [2.45, 2.75) is 6.92 Å². The number of anilines is 1. The number of benzene rings is 2. The zero-order chi connectivity index (χ0) is 16.2. The van der Waals surface area contributed by atoms with Crippen molar-refractivity contribution in [3.8, 4) is 11.3 Å². The van der Waals surface area contributed by atoms with Crippen LogP contribution in [0.25, 0.3) is 11.3 Å². The minimum atomic E-state index is -0.385. The normalized spacial score (nSPS) is 10.3. The molecule has 2 aromatic carbocycles. The summed E-state index contributed by atoms with van der Waals surface area (Å²) in [6, 6.07) is 17.2. The minimum absolute atomic E-state index is 0.207. The summed E-state index contributed by atoms with van der Waals surface area (Å²) >= 11 is 0. The average Bonchev–Trinajstić information content (AvgIpc) is 2.57. The van der Waals surface area contributed by atoms with Crippen molar-refractivity contribution in [2.75, 3.05) is 5.32 Å². The van der Waals surface area contributed by atoms with Gasteiger partial charge in [0, 0.05) is 23.0 Å². The van der Waals surface area contributed by atoms with Crippen molar-refractivity contribution in [1.82, 2.24) is 4.98 Å². The van der Waals surface area contributed by atoms with Crippen molar-refractivity contribution in [3.05, 3.63) is 83.8 Å². The Morgan fingerprint density at radius 3 is 2.35 bits per heavy atom. The number of aryl methyl sites for hydroxylation is 1. The molecule has 1 amide bonds. The van der Waals surface area contributed by atoms with Crippen LogP contribution in [-0.2, 0) is 0 Å². The number of aromatic nitrogens is 1. The molecule has 0 atom stereocenters. The molecule has 0 aliphatic carbocycles. The van der Waals surface area contributed by atoms with E-state index in [0.717, 1.165) is 11.3 Å². The van der Waals surface area contributed by atoms with Crippen molar-refractivity contribution >= 4 is 11.6 Å². The highest BCUT2D eigenvalue weighted by molar-refractivity contribution is 6.04. The average molecular weight is 306 g/mol. The molecular formula is C19H15FN2O. The quantitative estimate of drug-likeness (QED) is 0.777. The van der Waals surface area contributed by atoms with Crippen LogP contribution in [0.2, 0.25) is 0 Å². The van der Waals surface area contributed by atoms with E-state index in [1.807, 2.05) is 31.2 Å². The van der Waals surface area contributed by atoms with Gasteiger partial charge in [-0.05, 0) is 43.3 Å². The zero-order valence-electron chi connectivity index (χ0n) is 12.6. The van der Waals surface area contributed by atoms with E-state index in [4.69, 9.17) is 0 Å². The lowest BCUT2D eigenvalue weighted by Gasteiger charge is -2.07. The molecule has 114 valence electrons. The van der Waals surface area contributed by atoms with Crippen LogP contribution in [-0.4, -0.2) is 10.9 Å². The lowest BCUT2D eigenvalue weighted by atomic mass is 10.1. The lowest BCUT2D eigenvalue weighted by molar-refractivity contribution is 0.102. The molecule has 3 aromatic rings. The second-order valence-electron chi connectivity index (χ2n) is 5.23. The van der Waals surface area contributed by atoms with Crippen LogP contribution in [0.1, 0.15) is 15.9 Å². The fourth-order valence-corrected chi connectivity index (χ4v) is 2.22. The van der Waals surface area contributed by atoms with Gasteiger partial charge < -0.3 is 5.32 Å². The number of rotatable bonds is 3. The third-order valence-electron chi connectivity index (χ3n) is 3.49. The highest BCUT2D eigenvalue weighted by Gasteiger charge is 2.09. The van der Waals surface area contributed by atoms with Gasteiger partial charge in [0.15, 0.2) is 0 Å². The van der Waals surface area contributed by atoms with Gasteiger partial charge in [-0.3, -0.25) is 9.78 Å². The number of pyridine rings is 1. The molecule has 3 nitrogen and oxygen atoms in total. The SMILES string of the molecule is Cc1ccc(NC(=O)c2ccc(-c3ncccc3F)cc2)cc1. The van der Waals surface area contributed by atoms with Crippen molar-refractivity contribution < 1.29 is 9.18 Å². The summed E-state index contributed by atoms with van der Waals surface area (Å²) in [4.78, 5) is 16.2. The summed E-state index contributed by atoms with van der Waals surface area (Å²) in [6.45, 7) is 1.99.